The quantitative estimate of drug-likeness (QED) is 0.895. The van der Waals surface area contributed by atoms with Crippen LogP contribution in [-0.4, -0.2) is 39.4 Å². The number of hydrogen-bond acceptors (Lipinski definition) is 6. The van der Waals surface area contributed by atoms with Crippen LogP contribution in [0.1, 0.15) is 48.2 Å². The minimum atomic E-state index is 0.0248. The number of aromatic nitrogens is 4. The van der Waals surface area contributed by atoms with Crippen molar-refractivity contribution in [2.45, 2.75) is 45.6 Å². The number of nitrogens with zero attached hydrogens (tertiary/aromatic N) is 5. The van der Waals surface area contributed by atoms with Gasteiger partial charge in [0.1, 0.15) is 12.1 Å². The van der Waals surface area contributed by atoms with Crippen LogP contribution in [0.4, 0.5) is 5.82 Å². The molecule has 0 radical (unpaired) electrons. The zero-order chi connectivity index (χ0) is 17.8. The molecule has 7 nitrogen and oxygen atoms in total. The van der Waals surface area contributed by atoms with E-state index in [4.69, 9.17) is 4.98 Å². The van der Waals surface area contributed by atoms with Crippen LogP contribution < -0.4 is 10.2 Å². The second kappa shape index (κ2) is 7.55. The van der Waals surface area contributed by atoms with E-state index in [1.165, 1.54) is 0 Å². The van der Waals surface area contributed by atoms with Gasteiger partial charge in [-0.2, -0.15) is 0 Å². The number of rotatable bonds is 5. The van der Waals surface area contributed by atoms with E-state index in [2.05, 4.69) is 25.2 Å². The van der Waals surface area contributed by atoms with Crippen LogP contribution in [0.15, 0.2) is 18.5 Å². The number of hydrogen-bond donors (Lipinski definition) is 1. The Bertz CT molecular complexity index is 763. The molecule has 0 aromatic carbocycles. The molecule has 3 rings (SSSR count). The van der Waals surface area contributed by atoms with E-state index in [0.717, 1.165) is 48.1 Å². The molecule has 1 aliphatic rings. The first kappa shape index (κ1) is 17.3. The fourth-order valence-corrected chi connectivity index (χ4v) is 3.21. The van der Waals surface area contributed by atoms with Crippen LogP contribution >= 0.6 is 0 Å². The van der Waals surface area contributed by atoms with Gasteiger partial charge >= 0.3 is 0 Å². The van der Waals surface area contributed by atoms with E-state index in [9.17, 15) is 4.79 Å². The van der Waals surface area contributed by atoms with Crippen molar-refractivity contribution in [3.63, 3.8) is 0 Å². The molecule has 1 N–H and O–H groups in total. The summed E-state index contributed by atoms with van der Waals surface area (Å²) < 4.78 is 0. The normalized spacial score (nSPS) is 16.9. The second-order valence-corrected chi connectivity index (χ2v) is 6.40. The van der Waals surface area contributed by atoms with Crippen molar-refractivity contribution in [2.75, 3.05) is 18.5 Å². The Labute approximate surface area is 147 Å². The molecular formula is C18H24N6O. The highest BCUT2D eigenvalue weighted by atomic mass is 16.1. The van der Waals surface area contributed by atoms with Gasteiger partial charge in [0.05, 0.1) is 6.04 Å². The summed E-state index contributed by atoms with van der Waals surface area (Å²) in [5.74, 6) is 1.77. The molecule has 1 aliphatic heterocycles. The molecule has 2 aromatic rings. The number of aryl methyl sites for hydroxylation is 3. The summed E-state index contributed by atoms with van der Waals surface area (Å²) in [6.07, 6.45) is 4.74. The molecule has 1 atom stereocenters. The highest BCUT2D eigenvalue weighted by Crippen LogP contribution is 2.33. The Hall–Kier alpha value is -2.57. The first-order chi connectivity index (χ1) is 12.1. The number of anilines is 1. The zero-order valence-electron chi connectivity index (χ0n) is 15.0. The van der Waals surface area contributed by atoms with Crippen molar-refractivity contribution in [3.05, 3.63) is 41.4 Å². The maximum absolute atomic E-state index is 11.5. The van der Waals surface area contributed by atoms with Crippen LogP contribution in [0.5, 0.6) is 0 Å². The smallest absolute Gasteiger partial charge is 0.220 e. The van der Waals surface area contributed by atoms with E-state index in [-0.39, 0.29) is 11.9 Å². The molecule has 1 saturated heterocycles. The summed E-state index contributed by atoms with van der Waals surface area (Å²) in [6.45, 7) is 4.88. The van der Waals surface area contributed by atoms with Gasteiger partial charge in [-0.05, 0) is 39.2 Å². The third kappa shape index (κ3) is 4.10. The van der Waals surface area contributed by atoms with Crippen molar-refractivity contribution in [1.29, 1.82) is 0 Å². The fourth-order valence-electron chi connectivity index (χ4n) is 3.21. The molecule has 1 fully saturated rings. The van der Waals surface area contributed by atoms with Gasteiger partial charge in [-0.25, -0.2) is 19.9 Å². The molecule has 0 saturated carbocycles. The predicted molar refractivity (Wildman–Crippen MR) is 95.2 cm³/mol. The number of carbonyl (C=O) groups excluding carboxylic acids is 1. The molecule has 3 heterocycles. The van der Waals surface area contributed by atoms with Crippen LogP contribution in [0, 0.1) is 13.8 Å². The molecule has 25 heavy (non-hydrogen) atoms. The molecule has 1 unspecified atom stereocenters. The van der Waals surface area contributed by atoms with E-state index < -0.39 is 0 Å². The third-order valence-corrected chi connectivity index (χ3v) is 4.45. The van der Waals surface area contributed by atoms with Gasteiger partial charge in [0, 0.05) is 43.2 Å². The Morgan fingerprint density at radius 1 is 1.24 bits per heavy atom. The van der Waals surface area contributed by atoms with Crippen LogP contribution in [0.2, 0.25) is 0 Å². The van der Waals surface area contributed by atoms with E-state index in [0.29, 0.717) is 12.8 Å². The van der Waals surface area contributed by atoms with Crippen molar-refractivity contribution < 1.29 is 4.79 Å². The van der Waals surface area contributed by atoms with Gasteiger partial charge in [-0.1, -0.05) is 0 Å². The lowest BCUT2D eigenvalue weighted by molar-refractivity contribution is -0.120. The maximum Gasteiger partial charge on any atom is 0.220 e. The summed E-state index contributed by atoms with van der Waals surface area (Å²) in [5, 5.41) is 2.65. The summed E-state index contributed by atoms with van der Waals surface area (Å²) in [4.78, 5) is 31.8. The lowest BCUT2D eigenvalue weighted by Crippen LogP contribution is -2.26. The Morgan fingerprint density at radius 2 is 2.08 bits per heavy atom. The van der Waals surface area contributed by atoms with Gasteiger partial charge < -0.3 is 10.2 Å². The van der Waals surface area contributed by atoms with E-state index in [1.807, 2.05) is 26.0 Å². The summed E-state index contributed by atoms with van der Waals surface area (Å²) in [6, 6.07) is 4.08. The first-order valence-electron chi connectivity index (χ1n) is 8.67. The summed E-state index contributed by atoms with van der Waals surface area (Å²) >= 11 is 0. The van der Waals surface area contributed by atoms with Gasteiger partial charge in [0.2, 0.25) is 5.91 Å². The van der Waals surface area contributed by atoms with Crippen molar-refractivity contribution in [3.8, 4) is 0 Å². The summed E-state index contributed by atoms with van der Waals surface area (Å²) in [5.41, 5.74) is 2.80. The highest BCUT2D eigenvalue weighted by Gasteiger charge is 2.29. The zero-order valence-corrected chi connectivity index (χ0v) is 15.0. The fraction of sp³-hybridized carbons (Fsp3) is 0.500. The SMILES string of the molecule is CNC(=O)CCc1cc(C)nc(C2CCCN2c2cc(C)ncn2)n1. The Morgan fingerprint density at radius 3 is 2.84 bits per heavy atom. The Balaban J connectivity index is 1.84. The molecular weight excluding hydrogens is 316 g/mol. The van der Waals surface area contributed by atoms with E-state index >= 15 is 0 Å². The molecule has 7 heteroatoms. The topological polar surface area (TPSA) is 83.9 Å². The van der Waals surface area contributed by atoms with E-state index in [1.54, 1.807) is 13.4 Å². The number of amides is 1. The monoisotopic (exact) mass is 340 g/mol. The Kier molecular flexibility index (Phi) is 5.21. The summed E-state index contributed by atoms with van der Waals surface area (Å²) in [7, 11) is 1.65. The molecule has 132 valence electrons. The molecule has 0 aliphatic carbocycles. The third-order valence-electron chi connectivity index (χ3n) is 4.45. The van der Waals surface area contributed by atoms with Crippen molar-refractivity contribution >= 4 is 11.7 Å². The predicted octanol–water partition coefficient (Wildman–Crippen LogP) is 1.90. The lowest BCUT2D eigenvalue weighted by Gasteiger charge is -2.25. The highest BCUT2D eigenvalue weighted by molar-refractivity contribution is 5.75. The maximum atomic E-state index is 11.5. The first-order valence-corrected chi connectivity index (χ1v) is 8.67. The van der Waals surface area contributed by atoms with Crippen molar-refractivity contribution in [2.24, 2.45) is 0 Å². The number of carbonyl (C=O) groups is 1. The second-order valence-electron chi connectivity index (χ2n) is 6.40. The van der Waals surface area contributed by atoms with Gasteiger partial charge in [-0.15, -0.1) is 0 Å². The van der Waals surface area contributed by atoms with Gasteiger partial charge in [0.25, 0.3) is 0 Å². The number of nitrogens with one attached hydrogen (secondary N) is 1. The molecule has 0 spiro atoms. The van der Waals surface area contributed by atoms with Crippen molar-refractivity contribution in [1.82, 2.24) is 25.3 Å². The minimum Gasteiger partial charge on any atom is -0.359 e. The van der Waals surface area contributed by atoms with Crippen LogP contribution in [0.25, 0.3) is 0 Å². The van der Waals surface area contributed by atoms with Gasteiger partial charge in [0.15, 0.2) is 5.82 Å². The lowest BCUT2D eigenvalue weighted by atomic mass is 10.1. The van der Waals surface area contributed by atoms with Crippen LogP contribution in [0.3, 0.4) is 0 Å². The molecule has 2 aromatic heterocycles. The average molecular weight is 340 g/mol. The molecule has 0 bridgehead atoms. The standard InChI is InChI=1S/C18H24N6O/c1-12-10-16(21-11-20-12)24-8-4-5-15(24)18-22-13(2)9-14(23-18)6-7-17(25)19-3/h9-11,15H,4-8H2,1-3H3,(H,19,25). The minimum absolute atomic E-state index is 0.0248. The van der Waals surface area contributed by atoms with Gasteiger partial charge in [-0.3, -0.25) is 4.79 Å². The largest absolute Gasteiger partial charge is 0.359 e. The molecule has 1 amide bonds. The van der Waals surface area contributed by atoms with Crippen LogP contribution in [-0.2, 0) is 11.2 Å². The average Bonchev–Trinajstić information content (AvgIpc) is 3.09.